The fourth-order valence-electron chi connectivity index (χ4n) is 4.02. The van der Waals surface area contributed by atoms with Crippen molar-refractivity contribution in [2.24, 2.45) is 10.6 Å². The van der Waals surface area contributed by atoms with E-state index in [1.165, 1.54) is 87.1 Å². The summed E-state index contributed by atoms with van der Waals surface area (Å²) in [6.45, 7) is 5.73. The first kappa shape index (κ1) is 28.1. The normalized spacial score (nSPS) is 10.8. The van der Waals surface area contributed by atoms with Crippen LogP contribution in [0.2, 0.25) is 0 Å². The van der Waals surface area contributed by atoms with E-state index in [4.69, 9.17) is 0 Å². The largest absolute Gasteiger partial charge is 0.229 e. The average Bonchev–Trinajstić information content (AvgIpc) is 2.82. The smallest absolute Gasteiger partial charge is 0.0627 e. The van der Waals surface area contributed by atoms with E-state index in [1.807, 2.05) is 24.3 Å². The molecule has 0 aliphatic rings. The Labute approximate surface area is 196 Å². The van der Waals surface area contributed by atoms with Gasteiger partial charge in [-0.05, 0) is 37.1 Å². The van der Waals surface area contributed by atoms with Crippen LogP contribution in [0, 0.1) is 9.81 Å². The zero-order chi connectivity index (χ0) is 23.3. The first-order chi connectivity index (χ1) is 15.8. The highest BCUT2D eigenvalue weighted by Crippen LogP contribution is 2.23. The third-order valence-electron chi connectivity index (χ3n) is 6.09. The van der Waals surface area contributed by atoms with Gasteiger partial charge in [0.15, 0.2) is 0 Å². The molecule has 0 atom stereocenters. The summed E-state index contributed by atoms with van der Waals surface area (Å²) in [6.07, 6.45) is 19.6. The van der Waals surface area contributed by atoms with E-state index in [-0.39, 0.29) is 0 Å². The van der Waals surface area contributed by atoms with Crippen LogP contribution in [0.15, 0.2) is 34.8 Å². The first-order valence-corrected chi connectivity index (χ1v) is 13.1. The second-order valence-corrected chi connectivity index (χ2v) is 8.88. The van der Waals surface area contributed by atoms with Crippen molar-refractivity contribution in [2.45, 2.75) is 117 Å². The molecule has 0 N–H and O–H groups in total. The van der Waals surface area contributed by atoms with Crippen LogP contribution in [0.1, 0.15) is 117 Å². The minimum Gasteiger partial charge on any atom is -0.229 e. The molecule has 0 heterocycles. The Morgan fingerprint density at radius 3 is 1.06 bits per heavy atom. The molecule has 0 unspecified atom stereocenters. The van der Waals surface area contributed by atoms with Crippen molar-refractivity contribution in [3.05, 3.63) is 34.1 Å². The highest BCUT2D eigenvalue weighted by atomic mass is 16.3. The molecule has 1 aromatic carbocycles. The minimum atomic E-state index is 0.631. The Kier molecular flexibility index (Phi) is 17.3. The van der Waals surface area contributed by atoms with Gasteiger partial charge in [-0.25, -0.2) is 10.0 Å². The predicted octanol–water partition coefficient (Wildman–Crippen LogP) is 8.94. The van der Waals surface area contributed by atoms with Crippen LogP contribution in [0.5, 0.6) is 0 Å². The summed E-state index contributed by atoms with van der Waals surface area (Å²) < 4.78 is 0. The van der Waals surface area contributed by atoms with Gasteiger partial charge in [-0.15, -0.1) is 9.81 Å². The molecular formula is C26H46N4O2. The van der Waals surface area contributed by atoms with Gasteiger partial charge in [0.2, 0.25) is 0 Å². The molecule has 0 spiro atoms. The first-order valence-electron chi connectivity index (χ1n) is 13.1. The van der Waals surface area contributed by atoms with Gasteiger partial charge in [-0.3, -0.25) is 0 Å². The number of unbranched alkanes of at least 4 members (excludes halogenated alkanes) is 14. The monoisotopic (exact) mass is 446 g/mol. The van der Waals surface area contributed by atoms with Gasteiger partial charge < -0.3 is 0 Å². The van der Waals surface area contributed by atoms with Crippen LogP contribution in [-0.4, -0.2) is 13.1 Å². The molecule has 1 rings (SSSR count). The number of benzene rings is 1. The maximum absolute atomic E-state index is 11.3. The second kappa shape index (κ2) is 19.7. The van der Waals surface area contributed by atoms with Crippen molar-refractivity contribution in [1.29, 1.82) is 0 Å². The number of anilines is 2. The number of nitroso groups, excluding NO2 is 2. The topological polar surface area (TPSA) is 65.3 Å². The van der Waals surface area contributed by atoms with Crippen LogP contribution in [0.25, 0.3) is 0 Å². The highest BCUT2D eigenvalue weighted by Gasteiger charge is 2.10. The third kappa shape index (κ3) is 12.8. The Morgan fingerprint density at radius 1 is 0.500 bits per heavy atom. The lowest BCUT2D eigenvalue weighted by atomic mass is 10.1. The number of nitrogens with zero attached hydrogens (tertiary/aromatic N) is 4. The molecule has 0 aromatic heterocycles. The van der Waals surface area contributed by atoms with Crippen molar-refractivity contribution in [2.75, 3.05) is 23.1 Å². The molecule has 0 aliphatic heterocycles. The molecule has 6 heteroatoms. The molecule has 0 aliphatic carbocycles. The average molecular weight is 447 g/mol. The van der Waals surface area contributed by atoms with Crippen LogP contribution in [-0.2, 0) is 0 Å². The van der Waals surface area contributed by atoms with Gasteiger partial charge >= 0.3 is 0 Å². The molecule has 0 saturated heterocycles. The fourth-order valence-corrected chi connectivity index (χ4v) is 4.02. The number of hydrogen-bond donors (Lipinski definition) is 0. The summed E-state index contributed by atoms with van der Waals surface area (Å²) in [5.74, 6) is 0. The SMILES string of the molecule is CCCCCCCCCCN(N=O)c1ccc(N(CCCCCCCCCC)N=O)cc1. The standard InChI is InChI=1S/C26H46N4O2/c1-3-5-7-9-11-13-15-17-23-29(27-31)25-19-21-26(22-20-25)30(28-32)24-18-16-14-12-10-8-6-4-2/h19-22H,3-18,23-24H2,1-2H3. The lowest BCUT2D eigenvalue weighted by Crippen LogP contribution is -2.18. The lowest BCUT2D eigenvalue weighted by molar-refractivity contribution is 0.572. The van der Waals surface area contributed by atoms with Crippen LogP contribution >= 0.6 is 0 Å². The minimum absolute atomic E-state index is 0.631. The molecule has 0 radical (unpaired) electrons. The maximum Gasteiger partial charge on any atom is 0.0627 e. The third-order valence-corrected chi connectivity index (χ3v) is 6.09. The molecule has 6 nitrogen and oxygen atoms in total. The van der Waals surface area contributed by atoms with Crippen molar-refractivity contribution < 1.29 is 0 Å². The quantitative estimate of drug-likeness (QED) is 0.101. The Balaban J connectivity index is 2.31. The van der Waals surface area contributed by atoms with Crippen LogP contribution < -0.4 is 10.0 Å². The zero-order valence-electron chi connectivity index (χ0n) is 20.6. The van der Waals surface area contributed by atoms with E-state index in [0.29, 0.717) is 13.1 Å². The highest BCUT2D eigenvalue weighted by molar-refractivity contribution is 5.55. The van der Waals surface area contributed by atoms with Crippen LogP contribution in [0.4, 0.5) is 11.4 Å². The van der Waals surface area contributed by atoms with Gasteiger partial charge in [-0.2, -0.15) is 0 Å². The van der Waals surface area contributed by atoms with E-state index < -0.39 is 0 Å². The van der Waals surface area contributed by atoms with E-state index in [2.05, 4.69) is 24.4 Å². The number of rotatable bonds is 22. The van der Waals surface area contributed by atoms with Crippen LogP contribution in [0.3, 0.4) is 0 Å². The van der Waals surface area contributed by atoms with Gasteiger partial charge in [0.25, 0.3) is 0 Å². The molecule has 1 aromatic rings. The molecule has 182 valence electrons. The maximum atomic E-state index is 11.3. The van der Waals surface area contributed by atoms with Gasteiger partial charge in [0, 0.05) is 13.1 Å². The zero-order valence-corrected chi connectivity index (χ0v) is 20.6. The molecule has 0 fully saturated rings. The Hall–Kier alpha value is -1.98. The summed E-state index contributed by atoms with van der Waals surface area (Å²) in [6, 6.07) is 7.42. The fraction of sp³-hybridized carbons (Fsp3) is 0.769. The summed E-state index contributed by atoms with van der Waals surface area (Å²) in [5, 5.41) is 9.41. The molecule has 0 bridgehead atoms. The van der Waals surface area contributed by atoms with Crippen molar-refractivity contribution >= 4 is 11.4 Å². The molecule has 0 amide bonds. The summed E-state index contributed by atoms with van der Waals surface area (Å²) in [7, 11) is 0. The van der Waals surface area contributed by atoms with E-state index in [9.17, 15) is 9.81 Å². The predicted molar refractivity (Wildman–Crippen MR) is 138 cm³/mol. The van der Waals surface area contributed by atoms with Gasteiger partial charge in [0.05, 0.1) is 21.9 Å². The molecule has 32 heavy (non-hydrogen) atoms. The lowest BCUT2D eigenvalue weighted by Gasteiger charge is -2.18. The molecular weight excluding hydrogens is 400 g/mol. The van der Waals surface area contributed by atoms with E-state index in [0.717, 1.165) is 37.1 Å². The second-order valence-electron chi connectivity index (χ2n) is 8.88. The Morgan fingerprint density at radius 2 is 0.781 bits per heavy atom. The van der Waals surface area contributed by atoms with Gasteiger partial charge in [0.1, 0.15) is 0 Å². The van der Waals surface area contributed by atoms with Gasteiger partial charge in [-0.1, -0.05) is 104 Å². The Bertz CT molecular complexity index is 529. The van der Waals surface area contributed by atoms with Crippen molar-refractivity contribution in [3.8, 4) is 0 Å². The summed E-state index contributed by atoms with van der Waals surface area (Å²) >= 11 is 0. The summed E-state index contributed by atoms with van der Waals surface area (Å²) in [5.41, 5.74) is 1.54. The van der Waals surface area contributed by atoms with E-state index in [1.54, 1.807) is 0 Å². The van der Waals surface area contributed by atoms with Crippen molar-refractivity contribution in [1.82, 2.24) is 0 Å². The van der Waals surface area contributed by atoms with Crippen molar-refractivity contribution in [3.63, 3.8) is 0 Å². The number of hydrogen-bond acceptors (Lipinski definition) is 4. The van der Waals surface area contributed by atoms with E-state index >= 15 is 0 Å². The summed E-state index contributed by atoms with van der Waals surface area (Å²) in [4.78, 5) is 22.6. The molecule has 0 saturated carbocycles.